The van der Waals surface area contributed by atoms with Crippen LogP contribution in [0.5, 0.6) is 0 Å². The summed E-state index contributed by atoms with van der Waals surface area (Å²) >= 11 is 0. The van der Waals surface area contributed by atoms with Crippen molar-refractivity contribution in [3.63, 3.8) is 0 Å². The Morgan fingerprint density at radius 2 is 1.53 bits per heavy atom. The standard InChI is InChI=1S/C24H34N4O4/c29-22-6-5-21(23(30)26-22)25-20-3-1-17(2-4-20)18-7-11-27(12-8-18)15-16-28-13-9-19(10-14-28)24(31)32/h1-4,18-19,21,25H,5-16H2,(H,31,32)(H,26,29,30). The summed E-state index contributed by atoms with van der Waals surface area (Å²) < 4.78 is 0. The molecule has 0 spiro atoms. The summed E-state index contributed by atoms with van der Waals surface area (Å²) in [6.07, 6.45) is 4.72. The van der Waals surface area contributed by atoms with Crippen molar-refractivity contribution in [3.8, 4) is 0 Å². The molecule has 4 rings (SSSR count). The number of rotatable bonds is 7. The van der Waals surface area contributed by atoms with Gasteiger partial charge in [-0.3, -0.25) is 19.7 Å². The Labute approximate surface area is 189 Å². The number of hydrogen-bond donors (Lipinski definition) is 3. The first-order valence-corrected chi connectivity index (χ1v) is 11.9. The molecule has 8 heteroatoms. The lowest BCUT2D eigenvalue weighted by molar-refractivity contribution is -0.143. The van der Waals surface area contributed by atoms with Crippen molar-refractivity contribution in [2.24, 2.45) is 5.92 Å². The molecule has 0 bridgehead atoms. The van der Waals surface area contributed by atoms with E-state index in [1.165, 1.54) is 5.56 Å². The Balaban J connectivity index is 1.18. The molecule has 0 aromatic heterocycles. The van der Waals surface area contributed by atoms with Crippen molar-refractivity contribution in [1.82, 2.24) is 15.1 Å². The molecule has 174 valence electrons. The van der Waals surface area contributed by atoms with Crippen LogP contribution in [0.25, 0.3) is 0 Å². The molecule has 0 aliphatic carbocycles. The monoisotopic (exact) mass is 442 g/mol. The molecule has 0 saturated carbocycles. The topological polar surface area (TPSA) is 102 Å². The van der Waals surface area contributed by atoms with E-state index in [1.54, 1.807) is 0 Å². The van der Waals surface area contributed by atoms with Gasteiger partial charge in [0.1, 0.15) is 6.04 Å². The van der Waals surface area contributed by atoms with Gasteiger partial charge in [-0.05, 0) is 81.9 Å². The Morgan fingerprint density at radius 1 is 0.938 bits per heavy atom. The SMILES string of the molecule is O=C1CCC(Nc2ccc(C3CCN(CCN4CCC(C(=O)O)CC4)CC3)cc2)C(=O)N1. The van der Waals surface area contributed by atoms with E-state index in [-0.39, 0.29) is 23.8 Å². The normalized spacial score (nSPS) is 24.3. The molecule has 1 atom stereocenters. The van der Waals surface area contributed by atoms with Crippen molar-refractivity contribution in [2.75, 3.05) is 44.6 Å². The first-order valence-electron chi connectivity index (χ1n) is 11.9. The average Bonchev–Trinajstić information content (AvgIpc) is 2.81. The second-order valence-corrected chi connectivity index (χ2v) is 9.34. The highest BCUT2D eigenvalue weighted by Crippen LogP contribution is 2.29. The van der Waals surface area contributed by atoms with Crippen LogP contribution in [0.1, 0.15) is 50.0 Å². The van der Waals surface area contributed by atoms with Gasteiger partial charge in [-0.2, -0.15) is 0 Å². The summed E-state index contributed by atoms with van der Waals surface area (Å²) in [6, 6.07) is 8.03. The van der Waals surface area contributed by atoms with E-state index in [1.807, 2.05) is 12.1 Å². The Morgan fingerprint density at radius 3 is 2.09 bits per heavy atom. The minimum Gasteiger partial charge on any atom is -0.481 e. The number of amides is 2. The van der Waals surface area contributed by atoms with E-state index >= 15 is 0 Å². The largest absolute Gasteiger partial charge is 0.481 e. The maximum atomic E-state index is 11.9. The zero-order valence-corrected chi connectivity index (χ0v) is 18.6. The van der Waals surface area contributed by atoms with Gasteiger partial charge in [0, 0.05) is 25.2 Å². The molecule has 3 saturated heterocycles. The maximum absolute atomic E-state index is 11.9. The number of aliphatic carboxylic acids is 1. The average molecular weight is 443 g/mol. The molecule has 1 aromatic rings. The molecule has 1 aromatic carbocycles. The van der Waals surface area contributed by atoms with Crippen molar-refractivity contribution < 1.29 is 19.5 Å². The summed E-state index contributed by atoms with van der Waals surface area (Å²) in [5.41, 5.74) is 2.25. The first kappa shape index (κ1) is 22.7. The molecule has 3 aliphatic rings. The van der Waals surface area contributed by atoms with Crippen molar-refractivity contribution >= 4 is 23.5 Å². The highest BCUT2D eigenvalue weighted by Gasteiger charge is 2.27. The minimum absolute atomic E-state index is 0.160. The highest BCUT2D eigenvalue weighted by molar-refractivity contribution is 6.01. The highest BCUT2D eigenvalue weighted by atomic mass is 16.4. The third-order valence-electron chi connectivity index (χ3n) is 7.22. The van der Waals surface area contributed by atoms with Crippen LogP contribution in [0.4, 0.5) is 5.69 Å². The molecule has 1 unspecified atom stereocenters. The van der Waals surface area contributed by atoms with Gasteiger partial charge in [0.05, 0.1) is 5.92 Å². The molecule has 2 amide bonds. The minimum atomic E-state index is -0.647. The van der Waals surface area contributed by atoms with Crippen LogP contribution in [0.2, 0.25) is 0 Å². The van der Waals surface area contributed by atoms with Gasteiger partial charge in [-0.15, -0.1) is 0 Å². The zero-order valence-electron chi connectivity index (χ0n) is 18.6. The summed E-state index contributed by atoms with van der Waals surface area (Å²) in [4.78, 5) is 39.2. The number of benzene rings is 1. The van der Waals surface area contributed by atoms with Crippen LogP contribution in [-0.2, 0) is 14.4 Å². The van der Waals surface area contributed by atoms with Crippen LogP contribution in [0, 0.1) is 5.92 Å². The van der Waals surface area contributed by atoms with Gasteiger partial charge in [0.15, 0.2) is 0 Å². The number of nitrogens with zero attached hydrogens (tertiary/aromatic N) is 2. The second kappa shape index (κ2) is 10.4. The fourth-order valence-electron chi connectivity index (χ4n) is 5.06. The third kappa shape index (κ3) is 5.86. The lowest BCUT2D eigenvalue weighted by Gasteiger charge is -2.35. The fourth-order valence-corrected chi connectivity index (χ4v) is 5.06. The van der Waals surface area contributed by atoms with Crippen LogP contribution in [0.15, 0.2) is 24.3 Å². The second-order valence-electron chi connectivity index (χ2n) is 9.34. The fraction of sp³-hybridized carbons (Fsp3) is 0.625. The van der Waals surface area contributed by atoms with Gasteiger partial charge in [0.25, 0.3) is 0 Å². The first-order chi connectivity index (χ1) is 15.5. The van der Waals surface area contributed by atoms with E-state index in [0.29, 0.717) is 18.8 Å². The summed E-state index contributed by atoms with van der Waals surface area (Å²) in [5.74, 6) is -0.692. The van der Waals surface area contributed by atoms with E-state index in [4.69, 9.17) is 5.11 Å². The van der Waals surface area contributed by atoms with Gasteiger partial charge >= 0.3 is 5.97 Å². The zero-order chi connectivity index (χ0) is 22.5. The summed E-state index contributed by atoms with van der Waals surface area (Å²) in [6.45, 7) is 6.05. The molecule has 3 N–H and O–H groups in total. The van der Waals surface area contributed by atoms with Crippen LogP contribution < -0.4 is 10.6 Å². The van der Waals surface area contributed by atoms with E-state index in [2.05, 4.69) is 32.6 Å². The van der Waals surface area contributed by atoms with Gasteiger partial charge in [0.2, 0.25) is 11.8 Å². The Kier molecular flexibility index (Phi) is 7.42. The maximum Gasteiger partial charge on any atom is 0.306 e. The van der Waals surface area contributed by atoms with E-state index in [9.17, 15) is 14.4 Å². The summed E-state index contributed by atoms with van der Waals surface area (Å²) in [7, 11) is 0. The number of carbonyl (C=O) groups is 3. The third-order valence-corrected chi connectivity index (χ3v) is 7.22. The Hall–Kier alpha value is -2.45. The molecule has 32 heavy (non-hydrogen) atoms. The smallest absolute Gasteiger partial charge is 0.306 e. The lowest BCUT2D eigenvalue weighted by Crippen LogP contribution is -2.47. The molecule has 3 heterocycles. The number of anilines is 1. The molecule has 0 radical (unpaired) electrons. The van der Waals surface area contributed by atoms with E-state index in [0.717, 1.165) is 70.6 Å². The molecule has 3 fully saturated rings. The number of piperidine rings is 3. The van der Waals surface area contributed by atoms with Crippen molar-refractivity contribution in [1.29, 1.82) is 0 Å². The van der Waals surface area contributed by atoms with Crippen molar-refractivity contribution in [2.45, 2.75) is 50.5 Å². The number of nitrogens with one attached hydrogen (secondary N) is 2. The van der Waals surface area contributed by atoms with Crippen LogP contribution in [-0.4, -0.2) is 78.0 Å². The number of likely N-dealkylation sites (tertiary alicyclic amines) is 2. The van der Waals surface area contributed by atoms with Gasteiger partial charge < -0.3 is 20.2 Å². The quantitative estimate of drug-likeness (QED) is 0.554. The molecule has 8 nitrogen and oxygen atoms in total. The molecular formula is C24H34N4O4. The predicted octanol–water partition coefficient (Wildman–Crippen LogP) is 1.88. The molecular weight excluding hydrogens is 408 g/mol. The number of imide groups is 1. The van der Waals surface area contributed by atoms with Crippen LogP contribution in [0.3, 0.4) is 0 Å². The van der Waals surface area contributed by atoms with Crippen LogP contribution >= 0.6 is 0 Å². The predicted molar refractivity (Wildman–Crippen MR) is 121 cm³/mol. The van der Waals surface area contributed by atoms with E-state index < -0.39 is 5.97 Å². The molecule has 3 aliphatic heterocycles. The number of carboxylic acid groups (broad SMARTS) is 1. The summed E-state index contributed by atoms with van der Waals surface area (Å²) in [5, 5.41) is 14.7. The van der Waals surface area contributed by atoms with Crippen molar-refractivity contribution in [3.05, 3.63) is 29.8 Å². The van der Waals surface area contributed by atoms with Gasteiger partial charge in [-0.1, -0.05) is 12.1 Å². The number of carboxylic acids is 1. The lowest BCUT2D eigenvalue weighted by atomic mass is 9.89. The Bertz CT molecular complexity index is 812. The number of hydrogen-bond acceptors (Lipinski definition) is 6. The number of carbonyl (C=O) groups excluding carboxylic acids is 2. The van der Waals surface area contributed by atoms with Gasteiger partial charge in [-0.25, -0.2) is 0 Å².